The van der Waals surface area contributed by atoms with Gasteiger partial charge in [0.15, 0.2) is 0 Å². The van der Waals surface area contributed by atoms with Gasteiger partial charge in [-0.05, 0) is 25.0 Å². The lowest BCUT2D eigenvalue weighted by Gasteiger charge is -2.33. The van der Waals surface area contributed by atoms with Crippen LogP contribution in [0.2, 0.25) is 0 Å². The fourth-order valence-electron chi connectivity index (χ4n) is 2.43. The summed E-state index contributed by atoms with van der Waals surface area (Å²) in [5, 5.41) is 9.02. The van der Waals surface area contributed by atoms with Gasteiger partial charge < -0.3 is 21.5 Å². The van der Waals surface area contributed by atoms with Crippen LogP contribution in [0.5, 0.6) is 0 Å². The zero-order chi connectivity index (χ0) is 14.9. The SMILES string of the molecule is NC(=O)C1CCCN(c2cc(C(=O)O)c(N)cc2F)C1. The second-order valence-electron chi connectivity index (χ2n) is 4.88. The van der Waals surface area contributed by atoms with Gasteiger partial charge in [-0.25, -0.2) is 9.18 Å². The van der Waals surface area contributed by atoms with Gasteiger partial charge in [-0.2, -0.15) is 0 Å². The number of benzene rings is 1. The number of primary amides is 1. The number of carboxylic acids is 1. The van der Waals surface area contributed by atoms with E-state index in [1.165, 1.54) is 6.07 Å². The van der Waals surface area contributed by atoms with Crippen LogP contribution in [0.15, 0.2) is 12.1 Å². The van der Waals surface area contributed by atoms with E-state index in [4.69, 9.17) is 16.6 Å². The van der Waals surface area contributed by atoms with Crippen LogP contribution in [-0.4, -0.2) is 30.1 Å². The van der Waals surface area contributed by atoms with E-state index in [-0.39, 0.29) is 29.4 Å². The summed E-state index contributed by atoms with van der Waals surface area (Å²) in [6.45, 7) is 0.832. The first kappa shape index (κ1) is 14.1. The molecule has 1 aliphatic heterocycles. The number of hydrogen-bond donors (Lipinski definition) is 3. The number of rotatable bonds is 3. The Balaban J connectivity index is 2.34. The van der Waals surface area contributed by atoms with Crippen LogP contribution < -0.4 is 16.4 Å². The van der Waals surface area contributed by atoms with Crippen molar-refractivity contribution in [1.82, 2.24) is 0 Å². The summed E-state index contributed by atoms with van der Waals surface area (Å²) >= 11 is 0. The second-order valence-corrected chi connectivity index (χ2v) is 4.88. The highest BCUT2D eigenvalue weighted by molar-refractivity contribution is 5.95. The molecule has 0 aromatic heterocycles. The maximum Gasteiger partial charge on any atom is 0.337 e. The van der Waals surface area contributed by atoms with Crippen LogP contribution in [0.3, 0.4) is 0 Å². The smallest absolute Gasteiger partial charge is 0.337 e. The molecule has 1 aliphatic rings. The number of nitrogens with zero attached hydrogens (tertiary/aromatic N) is 1. The molecule has 5 N–H and O–H groups in total. The van der Waals surface area contributed by atoms with Gasteiger partial charge in [0.25, 0.3) is 0 Å². The Morgan fingerprint density at radius 1 is 1.40 bits per heavy atom. The summed E-state index contributed by atoms with van der Waals surface area (Å²) in [5.74, 6) is -2.59. The highest BCUT2D eigenvalue weighted by Crippen LogP contribution is 2.29. The van der Waals surface area contributed by atoms with Crippen molar-refractivity contribution in [3.63, 3.8) is 0 Å². The van der Waals surface area contributed by atoms with Gasteiger partial charge in [0, 0.05) is 18.8 Å². The number of anilines is 2. The number of amides is 1. The summed E-state index contributed by atoms with van der Waals surface area (Å²) < 4.78 is 14.0. The number of halogens is 1. The van der Waals surface area contributed by atoms with Crippen molar-refractivity contribution < 1.29 is 19.1 Å². The van der Waals surface area contributed by atoms with E-state index in [1.807, 2.05) is 0 Å². The third-order valence-electron chi connectivity index (χ3n) is 3.51. The van der Waals surface area contributed by atoms with E-state index in [0.717, 1.165) is 6.07 Å². The van der Waals surface area contributed by atoms with E-state index in [2.05, 4.69) is 0 Å². The zero-order valence-electron chi connectivity index (χ0n) is 10.8. The standard InChI is InChI=1S/C13H16FN3O3/c14-9-5-10(15)8(13(19)20)4-11(9)17-3-1-2-7(6-17)12(16)18/h4-5,7H,1-3,6,15H2,(H2,16,18)(H,19,20). The minimum Gasteiger partial charge on any atom is -0.478 e. The number of carbonyl (C=O) groups excluding carboxylic acids is 1. The van der Waals surface area contributed by atoms with Crippen LogP contribution in [0.1, 0.15) is 23.2 Å². The van der Waals surface area contributed by atoms with E-state index in [0.29, 0.717) is 19.4 Å². The van der Waals surface area contributed by atoms with Crippen LogP contribution >= 0.6 is 0 Å². The van der Waals surface area contributed by atoms with Crippen molar-refractivity contribution in [2.45, 2.75) is 12.8 Å². The summed E-state index contributed by atoms with van der Waals surface area (Å²) in [6.07, 6.45) is 1.36. The maximum absolute atomic E-state index is 14.0. The summed E-state index contributed by atoms with van der Waals surface area (Å²) in [5.41, 5.74) is 10.6. The molecule has 1 atom stereocenters. The molecule has 6 nitrogen and oxygen atoms in total. The number of nitrogens with two attached hydrogens (primary N) is 2. The molecule has 1 aromatic carbocycles. The number of aromatic carboxylic acids is 1. The fourth-order valence-corrected chi connectivity index (χ4v) is 2.43. The summed E-state index contributed by atoms with van der Waals surface area (Å²) in [7, 11) is 0. The molecule has 108 valence electrons. The molecule has 20 heavy (non-hydrogen) atoms. The average molecular weight is 281 g/mol. The molecule has 1 aromatic rings. The Hall–Kier alpha value is -2.31. The first-order valence-electron chi connectivity index (χ1n) is 6.26. The molecule has 1 amide bonds. The molecule has 1 unspecified atom stereocenters. The average Bonchev–Trinajstić information content (AvgIpc) is 2.38. The Bertz CT molecular complexity index is 562. The molecule has 0 aliphatic carbocycles. The largest absolute Gasteiger partial charge is 0.478 e. The van der Waals surface area contributed by atoms with Crippen LogP contribution in [0.25, 0.3) is 0 Å². The van der Waals surface area contributed by atoms with Gasteiger partial charge in [-0.1, -0.05) is 0 Å². The number of piperidine rings is 1. The van der Waals surface area contributed by atoms with Gasteiger partial charge in [0.05, 0.1) is 17.2 Å². The van der Waals surface area contributed by atoms with Crippen molar-refractivity contribution in [1.29, 1.82) is 0 Å². The molecule has 1 heterocycles. The Morgan fingerprint density at radius 2 is 2.10 bits per heavy atom. The van der Waals surface area contributed by atoms with Crippen molar-refractivity contribution >= 4 is 23.3 Å². The lowest BCUT2D eigenvalue weighted by Crippen LogP contribution is -2.41. The number of nitrogen functional groups attached to an aromatic ring is 1. The third kappa shape index (κ3) is 2.66. The third-order valence-corrected chi connectivity index (χ3v) is 3.51. The van der Waals surface area contributed by atoms with E-state index in [1.54, 1.807) is 4.90 Å². The highest BCUT2D eigenvalue weighted by Gasteiger charge is 2.26. The van der Waals surface area contributed by atoms with Crippen molar-refractivity contribution in [3.05, 3.63) is 23.5 Å². The Morgan fingerprint density at radius 3 is 2.70 bits per heavy atom. The van der Waals surface area contributed by atoms with Gasteiger partial charge in [0.1, 0.15) is 5.82 Å². The molecule has 1 fully saturated rings. The molecular weight excluding hydrogens is 265 g/mol. The van der Waals surface area contributed by atoms with Crippen molar-refractivity contribution in [3.8, 4) is 0 Å². The molecular formula is C13H16FN3O3. The molecule has 0 saturated carbocycles. The summed E-state index contributed by atoms with van der Waals surface area (Å²) in [6, 6.07) is 2.20. The predicted molar refractivity (Wildman–Crippen MR) is 71.9 cm³/mol. The van der Waals surface area contributed by atoms with Crippen molar-refractivity contribution in [2.24, 2.45) is 11.7 Å². The zero-order valence-corrected chi connectivity index (χ0v) is 10.8. The first-order valence-corrected chi connectivity index (χ1v) is 6.26. The van der Waals surface area contributed by atoms with Crippen molar-refractivity contribution in [2.75, 3.05) is 23.7 Å². The Labute approximate surface area is 115 Å². The monoisotopic (exact) mass is 281 g/mol. The Kier molecular flexibility index (Phi) is 3.78. The molecule has 0 radical (unpaired) electrons. The van der Waals surface area contributed by atoms with Gasteiger partial charge in [-0.15, -0.1) is 0 Å². The maximum atomic E-state index is 14.0. The molecule has 7 heteroatoms. The van der Waals surface area contributed by atoms with E-state index < -0.39 is 17.7 Å². The molecule has 2 rings (SSSR count). The lowest BCUT2D eigenvalue weighted by molar-refractivity contribution is -0.122. The fraction of sp³-hybridized carbons (Fsp3) is 0.385. The lowest BCUT2D eigenvalue weighted by atomic mass is 9.96. The quantitative estimate of drug-likeness (QED) is 0.710. The predicted octanol–water partition coefficient (Wildman–Crippen LogP) is 0.808. The number of carbonyl (C=O) groups is 2. The van der Waals surface area contributed by atoms with Crippen LogP contribution in [-0.2, 0) is 4.79 Å². The number of hydrogen-bond acceptors (Lipinski definition) is 4. The first-order chi connectivity index (χ1) is 9.40. The van der Waals surface area contributed by atoms with Crippen LogP contribution in [0, 0.1) is 11.7 Å². The molecule has 0 spiro atoms. The molecule has 0 bridgehead atoms. The van der Waals surface area contributed by atoms with E-state index >= 15 is 0 Å². The van der Waals surface area contributed by atoms with Gasteiger partial charge in [-0.3, -0.25) is 4.79 Å². The van der Waals surface area contributed by atoms with Gasteiger partial charge >= 0.3 is 5.97 Å². The number of carboxylic acid groups (broad SMARTS) is 1. The molecule has 1 saturated heterocycles. The van der Waals surface area contributed by atoms with E-state index in [9.17, 15) is 14.0 Å². The minimum atomic E-state index is -1.22. The minimum absolute atomic E-state index is 0.123. The summed E-state index contributed by atoms with van der Waals surface area (Å²) in [4.78, 5) is 23.9. The highest BCUT2D eigenvalue weighted by atomic mass is 19.1. The topological polar surface area (TPSA) is 110 Å². The normalized spacial score (nSPS) is 18.9. The second kappa shape index (κ2) is 5.36. The van der Waals surface area contributed by atoms with Gasteiger partial charge in [0.2, 0.25) is 5.91 Å². The van der Waals surface area contributed by atoms with Crippen LogP contribution in [0.4, 0.5) is 15.8 Å².